The lowest BCUT2D eigenvalue weighted by molar-refractivity contribution is 0.0303. The van der Waals surface area contributed by atoms with Crippen molar-refractivity contribution in [1.82, 2.24) is 9.88 Å². The number of hydrogen-bond acceptors (Lipinski definition) is 3. The van der Waals surface area contributed by atoms with Crippen molar-refractivity contribution in [3.8, 4) is 0 Å². The van der Waals surface area contributed by atoms with Crippen molar-refractivity contribution in [2.24, 2.45) is 0 Å². The van der Waals surface area contributed by atoms with E-state index in [1.165, 1.54) is 0 Å². The van der Waals surface area contributed by atoms with Crippen LogP contribution in [0.3, 0.4) is 0 Å². The molecular weight excluding hydrogens is 192 g/mol. The van der Waals surface area contributed by atoms with E-state index < -0.39 is 0 Å². The zero-order valence-corrected chi connectivity index (χ0v) is 8.77. The molecule has 1 saturated heterocycles. The first-order valence-electron chi connectivity index (χ1n) is 5.07. The normalized spacial score (nSPS) is 16.5. The van der Waals surface area contributed by atoms with E-state index in [0.717, 1.165) is 5.69 Å². The van der Waals surface area contributed by atoms with Crippen LogP contribution < -0.4 is 0 Å². The molecule has 0 aliphatic carbocycles. The van der Waals surface area contributed by atoms with E-state index in [2.05, 4.69) is 4.98 Å². The lowest BCUT2D eigenvalue weighted by Crippen LogP contribution is -2.40. The zero-order chi connectivity index (χ0) is 10.7. The Morgan fingerprint density at radius 1 is 1.47 bits per heavy atom. The van der Waals surface area contributed by atoms with Crippen LogP contribution in [0, 0.1) is 6.92 Å². The molecule has 2 heterocycles. The summed E-state index contributed by atoms with van der Waals surface area (Å²) in [6, 6.07) is 3.57. The Morgan fingerprint density at radius 2 is 2.20 bits per heavy atom. The fraction of sp³-hybridized carbons (Fsp3) is 0.455. The second kappa shape index (κ2) is 4.40. The van der Waals surface area contributed by atoms with Crippen molar-refractivity contribution in [2.45, 2.75) is 6.92 Å². The number of carbonyl (C=O) groups is 1. The highest BCUT2D eigenvalue weighted by Gasteiger charge is 2.18. The Morgan fingerprint density at radius 3 is 2.87 bits per heavy atom. The quantitative estimate of drug-likeness (QED) is 0.684. The van der Waals surface area contributed by atoms with Crippen molar-refractivity contribution < 1.29 is 9.53 Å². The highest BCUT2D eigenvalue weighted by molar-refractivity contribution is 5.94. The summed E-state index contributed by atoms with van der Waals surface area (Å²) in [5.41, 5.74) is 1.58. The molecule has 2 rings (SSSR count). The van der Waals surface area contributed by atoms with Gasteiger partial charge in [-0.25, -0.2) is 0 Å². The van der Waals surface area contributed by atoms with Crippen molar-refractivity contribution in [3.63, 3.8) is 0 Å². The number of aryl methyl sites for hydroxylation is 1. The van der Waals surface area contributed by atoms with Crippen molar-refractivity contribution in [2.75, 3.05) is 26.3 Å². The van der Waals surface area contributed by atoms with Crippen LogP contribution in [0.1, 0.15) is 16.1 Å². The van der Waals surface area contributed by atoms with E-state index in [-0.39, 0.29) is 5.91 Å². The van der Waals surface area contributed by atoms with Gasteiger partial charge < -0.3 is 9.64 Å². The molecule has 0 bridgehead atoms. The number of aromatic nitrogens is 1. The molecule has 0 radical (unpaired) electrons. The van der Waals surface area contributed by atoms with Gasteiger partial charge in [-0.05, 0) is 19.1 Å². The van der Waals surface area contributed by atoms with E-state index in [1.54, 1.807) is 12.3 Å². The van der Waals surface area contributed by atoms with E-state index in [4.69, 9.17) is 4.74 Å². The van der Waals surface area contributed by atoms with Gasteiger partial charge in [0.1, 0.15) is 0 Å². The highest BCUT2D eigenvalue weighted by atomic mass is 16.5. The lowest BCUT2D eigenvalue weighted by Gasteiger charge is -2.26. The molecule has 1 amide bonds. The molecule has 15 heavy (non-hydrogen) atoms. The number of pyridine rings is 1. The average Bonchev–Trinajstić information content (AvgIpc) is 2.29. The molecule has 0 unspecified atom stereocenters. The smallest absolute Gasteiger partial charge is 0.254 e. The summed E-state index contributed by atoms with van der Waals surface area (Å²) in [6.45, 7) is 4.52. The fourth-order valence-corrected chi connectivity index (χ4v) is 1.63. The van der Waals surface area contributed by atoms with Gasteiger partial charge >= 0.3 is 0 Å². The lowest BCUT2D eigenvalue weighted by atomic mass is 10.2. The maximum absolute atomic E-state index is 12.0. The van der Waals surface area contributed by atoms with E-state index in [0.29, 0.717) is 31.9 Å². The minimum atomic E-state index is 0.0730. The van der Waals surface area contributed by atoms with Gasteiger partial charge in [0.15, 0.2) is 0 Å². The van der Waals surface area contributed by atoms with Gasteiger partial charge in [0.25, 0.3) is 5.91 Å². The number of morpholine rings is 1. The molecule has 1 fully saturated rings. The summed E-state index contributed by atoms with van der Waals surface area (Å²) in [7, 11) is 0. The van der Waals surface area contributed by atoms with Crippen LogP contribution in [0.2, 0.25) is 0 Å². The summed E-state index contributed by atoms with van der Waals surface area (Å²) >= 11 is 0. The Labute approximate surface area is 88.9 Å². The van der Waals surface area contributed by atoms with Gasteiger partial charge in [0.2, 0.25) is 0 Å². The number of rotatable bonds is 1. The maximum atomic E-state index is 12.0. The van der Waals surface area contributed by atoms with Gasteiger partial charge in [0, 0.05) is 30.5 Å². The number of nitrogens with zero attached hydrogens (tertiary/aromatic N) is 2. The maximum Gasteiger partial charge on any atom is 0.254 e. The Bertz CT molecular complexity index is 359. The third-order valence-electron chi connectivity index (χ3n) is 2.44. The Kier molecular flexibility index (Phi) is 2.97. The van der Waals surface area contributed by atoms with E-state index in [1.807, 2.05) is 17.9 Å². The first-order chi connectivity index (χ1) is 7.27. The van der Waals surface area contributed by atoms with Crippen molar-refractivity contribution >= 4 is 5.91 Å². The number of amides is 1. The molecule has 1 aliphatic rings. The summed E-state index contributed by atoms with van der Waals surface area (Å²) in [4.78, 5) is 17.9. The first kappa shape index (κ1) is 10.1. The molecule has 0 saturated carbocycles. The standard InChI is InChI=1S/C11H14N2O2/c1-9-8-10(2-3-12-9)11(14)13-4-6-15-7-5-13/h2-3,8H,4-7H2,1H3. The largest absolute Gasteiger partial charge is 0.378 e. The fourth-order valence-electron chi connectivity index (χ4n) is 1.63. The van der Waals surface area contributed by atoms with Gasteiger partial charge in [0.05, 0.1) is 13.2 Å². The molecule has 0 aromatic carbocycles. The van der Waals surface area contributed by atoms with Crippen molar-refractivity contribution in [3.05, 3.63) is 29.6 Å². The van der Waals surface area contributed by atoms with Crippen LogP contribution in [-0.2, 0) is 4.74 Å². The Balaban J connectivity index is 2.12. The molecular formula is C11H14N2O2. The van der Waals surface area contributed by atoms with Crippen LogP contribution in [0.5, 0.6) is 0 Å². The summed E-state index contributed by atoms with van der Waals surface area (Å²) in [5.74, 6) is 0.0730. The second-order valence-electron chi connectivity index (χ2n) is 3.59. The van der Waals surface area contributed by atoms with Gasteiger partial charge in [-0.15, -0.1) is 0 Å². The minimum Gasteiger partial charge on any atom is -0.378 e. The molecule has 0 N–H and O–H groups in total. The number of ether oxygens (including phenoxy) is 1. The van der Waals surface area contributed by atoms with Crippen molar-refractivity contribution in [1.29, 1.82) is 0 Å². The molecule has 1 aromatic heterocycles. The Hall–Kier alpha value is -1.42. The summed E-state index contributed by atoms with van der Waals surface area (Å²) < 4.78 is 5.20. The van der Waals surface area contributed by atoms with Crippen LogP contribution in [0.15, 0.2) is 18.3 Å². The minimum absolute atomic E-state index is 0.0730. The van der Waals surface area contributed by atoms with Gasteiger partial charge in [-0.3, -0.25) is 9.78 Å². The summed E-state index contributed by atoms with van der Waals surface area (Å²) in [6.07, 6.45) is 1.67. The van der Waals surface area contributed by atoms with Crippen LogP contribution in [0.4, 0.5) is 0 Å². The molecule has 4 heteroatoms. The second-order valence-corrected chi connectivity index (χ2v) is 3.59. The molecule has 1 aliphatic heterocycles. The predicted octanol–water partition coefficient (Wildman–Crippen LogP) is 0.862. The van der Waals surface area contributed by atoms with E-state index >= 15 is 0 Å². The van der Waals surface area contributed by atoms with E-state index in [9.17, 15) is 4.79 Å². The molecule has 0 atom stereocenters. The highest BCUT2D eigenvalue weighted by Crippen LogP contribution is 2.07. The zero-order valence-electron chi connectivity index (χ0n) is 8.77. The van der Waals surface area contributed by atoms with Crippen LogP contribution in [-0.4, -0.2) is 42.1 Å². The number of carbonyl (C=O) groups excluding carboxylic acids is 1. The molecule has 1 aromatic rings. The van der Waals surface area contributed by atoms with Gasteiger partial charge in [-0.2, -0.15) is 0 Å². The SMILES string of the molecule is Cc1cc(C(=O)N2CCOCC2)ccn1. The monoisotopic (exact) mass is 206 g/mol. The van der Waals surface area contributed by atoms with Crippen LogP contribution in [0.25, 0.3) is 0 Å². The molecule has 0 spiro atoms. The average molecular weight is 206 g/mol. The van der Waals surface area contributed by atoms with Gasteiger partial charge in [-0.1, -0.05) is 0 Å². The first-order valence-corrected chi connectivity index (χ1v) is 5.07. The predicted molar refractivity (Wildman–Crippen MR) is 55.7 cm³/mol. The molecule has 80 valence electrons. The third-order valence-corrected chi connectivity index (χ3v) is 2.44. The third kappa shape index (κ3) is 2.33. The summed E-state index contributed by atoms with van der Waals surface area (Å²) in [5, 5.41) is 0. The number of hydrogen-bond donors (Lipinski definition) is 0. The molecule has 4 nitrogen and oxygen atoms in total. The van der Waals surface area contributed by atoms with Crippen LogP contribution >= 0.6 is 0 Å². The topological polar surface area (TPSA) is 42.4 Å².